The highest BCUT2D eigenvalue weighted by atomic mass is 79.9. The van der Waals surface area contributed by atoms with Gasteiger partial charge in [-0.05, 0) is 28.1 Å². The summed E-state index contributed by atoms with van der Waals surface area (Å²) in [6, 6.07) is 2.68. The Morgan fingerprint density at radius 2 is 2.07 bits per heavy atom. The molecule has 0 fully saturated rings. The van der Waals surface area contributed by atoms with Gasteiger partial charge in [0, 0.05) is 4.47 Å². The minimum absolute atomic E-state index is 0.0664. The maximum absolute atomic E-state index is 11.1. The molecule has 0 heterocycles. The van der Waals surface area contributed by atoms with Crippen molar-refractivity contribution in [2.45, 2.75) is 4.90 Å². The van der Waals surface area contributed by atoms with Crippen LogP contribution < -0.4 is 9.88 Å². The molecule has 7 heteroatoms. The summed E-state index contributed by atoms with van der Waals surface area (Å²) >= 11 is 8.80. The standard InChI is InChI=1S/C7H7BrClNO3S/c1-13-6-2-4(8)7(3-5(6)9)14(10,11)12/h2-3H,1H3,(H2,10,11,12). The van der Waals surface area contributed by atoms with Crippen molar-refractivity contribution in [1.82, 2.24) is 0 Å². The zero-order valence-corrected chi connectivity index (χ0v) is 10.3. The summed E-state index contributed by atoms with van der Waals surface area (Å²) in [5.74, 6) is 0.381. The Balaban J connectivity index is 3.44. The van der Waals surface area contributed by atoms with Crippen LogP contribution in [-0.4, -0.2) is 15.5 Å². The number of rotatable bonds is 2. The first-order chi connectivity index (χ1) is 6.36. The van der Waals surface area contributed by atoms with Crippen molar-refractivity contribution >= 4 is 37.6 Å². The van der Waals surface area contributed by atoms with E-state index in [1.807, 2.05) is 0 Å². The SMILES string of the molecule is COc1cc(Br)c(S(N)(=O)=O)cc1Cl. The molecule has 0 saturated carbocycles. The number of hydrogen-bond acceptors (Lipinski definition) is 3. The molecule has 0 unspecified atom stereocenters. The third-order valence-corrected chi connectivity index (χ3v) is 3.68. The molecule has 0 atom stereocenters. The molecular weight excluding hydrogens is 294 g/mol. The highest BCUT2D eigenvalue weighted by Crippen LogP contribution is 2.32. The fraction of sp³-hybridized carbons (Fsp3) is 0.143. The number of nitrogens with two attached hydrogens (primary N) is 1. The van der Waals surface area contributed by atoms with E-state index in [1.165, 1.54) is 19.2 Å². The fourth-order valence-electron chi connectivity index (χ4n) is 0.885. The van der Waals surface area contributed by atoms with E-state index >= 15 is 0 Å². The van der Waals surface area contributed by atoms with Gasteiger partial charge in [0.1, 0.15) is 5.75 Å². The van der Waals surface area contributed by atoms with Crippen LogP contribution in [0.1, 0.15) is 0 Å². The smallest absolute Gasteiger partial charge is 0.239 e. The van der Waals surface area contributed by atoms with Gasteiger partial charge in [0.05, 0.1) is 17.0 Å². The van der Waals surface area contributed by atoms with Crippen molar-refractivity contribution < 1.29 is 13.2 Å². The largest absolute Gasteiger partial charge is 0.495 e. The predicted octanol–water partition coefficient (Wildman–Crippen LogP) is 1.76. The Morgan fingerprint density at radius 3 is 2.50 bits per heavy atom. The molecule has 78 valence electrons. The average Bonchev–Trinajstić information content (AvgIpc) is 2.06. The highest BCUT2D eigenvalue weighted by molar-refractivity contribution is 9.10. The zero-order valence-electron chi connectivity index (χ0n) is 7.12. The molecule has 1 aromatic carbocycles. The summed E-state index contributed by atoms with van der Waals surface area (Å²) in [6.45, 7) is 0. The van der Waals surface area contributed by atoms with Crippen LogP contribution in [0.5, 0.6) is 5.75 Å². The Morgan fingerprint density at radius 1 is 1.50 bits per heavy atom. The second-order valence-electron chi connectivity index (χ2n) is 2.46. The van der Waals surface area contributed by atoms with Crippen molar-refractivity contribution in [1.29, 1.82) is 0 Å². The van der Waals surface area contributed by atoms with Crippen molar-refractivity contribution in [3.05, 3.63) is 21.6 Å². The van der Waals surface area contributed by atoms with Crippen molar-refractivity contribution in [2.75, 3.05) is 7.11 Å². The third kappa shape index (κ3) is 2.38. The van der Waals surface area contributed by atoms with Gasteiger partial charge in [-0.2, -0.15) is 0 Å². The molecule has 14 heavy (non-hydrogen) atoms. The molecule has 1 rings (SSSR count). The van der Waals surface area contributed by atoms with Crippen LogP contribution >= 0.6 is 27.5 Å². The number of primary sulfonamides is 1. The number of hydrogen-bond donors (Lipinski definition) is 1. The maximum atomic E-state index is 11.1. The summed E-state index contributed by atoms with van der Waals surface area (Å²) in [5, 5.41) is 5.15. The van der Waals surface area contributed by atoms with Gasteiger partial charge < -0.3 is 4.74 Å². The van der Waals surface area contributed by atoms with E-state index in [1.54, 1.807) is 0 Å². The molecule has 0 aromatic heterocycles. The Bertz CT molecular complexity index is 460. The lowest BCUT2D eigenvalue weighted by molar-refractivity contribution is 0.414. The third-order valence-electron chi connectivity index (χ3n) is 1.51. The molecule has 0 aliphatic rings. The first kappa shape index (κ1) is 11.8. The van der Waals surface area contributed by atoms with E-state index in [9.17, 15) is 8.42 Å². The molecule has 0 aliphatic heterocycles. The lowest BCUT2D eigenvalue weighted by atomic mass is 10.3. The molecule has 0 radical (unpaired) electrons. The molecule has 0 bridgehead atoms. The molecule has 0 aliphatic carbocycles. The van der Waals surface area contributed by atoms with Crippen LogP contribution in [0.15, 0.2) is 21.5 Å². The molecule has 0 spiro atoms. The van der Waals surface area contributed by atoms with Crippen LogP contribution in [0.2, 0.25) is 5.02 Å². The van der Waals surface area contributed by atoms with E-state index in [0.29, 0.717) is 10.2 Å². The summed E-state index contributed by atoms with van der Waals surface area (Å²) in [6.07, 6.45) is 0. The Hall–Kier alpha value is -0.300. The average molecular weight is 301 g/mol. The minimum atomic E-state index is -3.77. The van der Waals surface area contributed by atoms with Gasteiger partial charge in [0.2, 0.25) is 10.0 Å². The minimum Gasteiger partial charge on any atom is -0.495 e. The summed E-state index contributed by atoms with van der Waals surface area (Å²) in [4.78, 5) is -0.0664. The predicted molar refractivity (Wildman–Crippen MR) is 57.1 cm³/mol. The number of methoxy groups -OCH3 is 1. The monoisotopic (exact) mass is 299 g/mol. The van der Waals surface area contributed by atoms with Gasteiger partial charge >= 0.3 is 0 Å². The van der Waals surface area contributed by atoms with Gasteiger partial charge in [-0.3, -0.25) is 0 Å². The van der Waals surface area contributed by atoms with Crippen molar-refractivity contribution in [3.63, 3.8) is 0 Å². The highest BCUT2D eigenvalue weighted by Gasteiger charge is 2.15. The Labute approximate surface area is 95.2 Å². The lowest BCUT2D eigenvalue weighted by Crippen LogP contribution is -2.12. The molecule has 0 amide bonds. The molecular formula is C7H7BrClNO3S. The van der Waals surface area contributed by atoms with Gasteiger partial charge in [0.15, 0.2) is 0 Å². The topological polar surface area (TPSA) is 69.4 Å². The molecule has 2 N–H and O–H groups in total. The normalized spacial score (nSPS) is 11.4. The van der Waals surface area contributed by atoms with Crippen molar-refractivity contribution in [3.8, 4) is 5.75 Å². The second kappa shape index (κ2) is 4.06. The summed E-state index contributed by atoms with van der Waals surface area (Å²) in [7, 11) is -2.33. The fourth-order valence-corrected chi connectivity index (χ4v) is 2.80. The first-order valence-corrected chi connectivity index (χ1v) is 6.14. The van der Waals surface area contributed by atoms with Gasteiger partial charge in [0.25, 0.3) is 0 Å². The number of sulfonamides is 1. The van der Waals surface area contributed by atoms with E-state index in [-0.39, 0.29) is 9.92 Å². The number of ether oxygens (including phenoxy) is 1. The van der Waals surface area contributed by atoms with Crippen molar-refractivity contribution in [2.24, 2.45) is 5.14 Å². The molecule has 0 saturated heterocycles. The van der Waals surface area contributed by atoms with E-state index in [0.717, 1.165) is 0 Å². The van der Waals surface area contributed by atoms with Crippen LogP contribution in [0.25, 0.3) is 0 Å². The van der Waals surface area contributed by atoms with Gasteiger partial charge in [-0.25, -0.2) is 13.6 Å². The van der Waals surface area contributed by atoms with Crippen LogP contribution in [0.4, 0.5) is 0 Å². The van der Waals surface area contributed by atoms with E-state index in [2.05, 4.69) is 15.9 Å². The Kier molecular flexibility index (Phi) is 3.41. The second-order valence-corrected chi connectivity index (χ2v) is 5.25. The van der Waals surface area contributed by atoms with Crippen LogP contribution in [0, 0.1) is 0 Å². The van der Waals surface area contributed by atoms with Gasteiger partial charge in [-0.15, -0.1) is 0 Å². The molecule has 4 nitrogen and oxygen atoms in total. The number of benzene rings is 1. The summed E-state index contributed by atoms with van der Waals surface area (Å²) < 4.78 is 27.3. The lowest BCUT2D eigenvalue weighted by Gasteiger charge is -2.06. The van der Waals surface area contributed by atoms with Crippen LogP contribution in [0.3, 0.4) is 0 Å². The maximum Gasteiger partial charge on any atom is 0.239 e. The quantitative estimate of drug-likeness (QED) is 0.905. The first-order valence-electron chi connectivity index (χ1n) is 3.42. The zero-order chi connectivity index (χ0) is 10.9. The van der Waals surface area contributed by atoms with Crippen LogP contribution in [-0.2, 0) is 10.0 Å². The van der Waals surface area contributed by atoms with E-state index in [4.69, 9.17) is 21.5 Å². The van der Waals surface area contributed by atoms with Gasteiger partial charge in [-0.1, -0.05) is 11.6 Å². The van der Waals surface area contributed by atoms with E-state index < -0.39 is 10.0 Å². The number of halogens is 2. The summed E-state index contributed by atoms with van der Waals surface area (Å²) in [5.41, 5.74) is 0. The molecule has 1 aromatic rings.